The van der Waals surface area contributed by atoms with Crippen molar-refractivity contribution in [2.75, 3.05) is 18.2 Å². The van der Waals surface area contributed by atoms with Gasteiger partial charge in [0, 0.05) is 17.1 Å². The molecule has 0 aliphatic carbocycles. The van der Waals surface area contributed by atoms with E-state index in [1.165, 1.54) is 16.1 Å². The maximum absolute atomic E-state index is 5.66. The molecule has 2 aromatic rings. The first-order chi connectivity index (χ1) is 9.83. The highest BCUT2D eigenvalue weighted by Gasteiger charge is 2.01. The Kier molecular flexibility index (Phi) is 5.81. The molecule has 106 valence electrons. The van der Waals surface area contributed by atoms with Crippen molar-refractivity contribution in [2.24, 2.45) is 0 Å². The van der Waals surface area contributed by atoms with Gasteiger partial charge in [0.1, 0.15) is 5.75 Å². The zero-order chi connectivity index (χ0) is 14.2. The van der Waals surface area contributed by atoms with Crippen LogP contribution in [0.25, 0.3) is 0 Å². The summed E-state index contributed by atoms with van der Waals surface area (Å²) in [6.07, 6.45) is 3.13. The van der Waals surface area contributed by atoms with Crippen molar-refractivity contribution in [3.63, 3.8) is 0 Å². The molecule has 2 rings (SSSR count). The van der Waals surface area contributed by atoms with Gasteiger partial charge in [-0.15, -0.1) is 11.8 Å². The van der Waals surface area contributed by atoms with Crippen LogP contribution in [0.5, 0.6) is 5.75 Å². The smallest absolute Gasteiger partial charge is 0.119 e. The number of hydrogen-bond acceptors (Lipinski definition) is 3. The van der Waals surface area contributed by atoms with E-state index in [4.69, 9.17) is 4.74 Å². The molecule has 0 unspecified atom stereocenters. The van der Waals surface area contributed by atoms with E-state index in [1.807, 2.05) is 12.1 Å². The summed E-state index contributed by atoms with van der Waals surface area (Å²) in [7, 11) is 0. The summed E-state index contributed by atoms with van der Waals surface area (Å²) in [6, 6.07) is 16.6. The molecule has 0 fully saturated rings. The lowest BCUT2D eigenvalue weighted by molar-refractivity contribution is 0.317. The van der Waals surface area contributed by atoms with Gasteiger partial charge in [-0.05, 0) is 42.5 Å². The highest BCUT2D eigenvalue weighted by molar-refractivity contribution is 7.98. The normalized spacial score (nSPS) is 10.3. The molecule has 2 nitrogen and oxygen atoms in total. The standard InChI is InChI=1S/C17H21NOS/c1-3-11-19-15-8-6-7-14(12-15)13-18-16-9-4-5-10-17(16)20-2/h4-10,12,18H,3,11,13H2,1-2H3. The van der Waals surface area contributed by atoms with Crippen molar-refractivity contribution in [1.29, 1.82) is 0 Å². The first-order valence-corrected chi connectivity index (χ1v) is 8.14. The van der Waals surface area contributed by atoms with Gasteiger partial charge in [-0.25, -0.2) is 0 Å². The third kappa shape index (κ3) is 4.20. The topological polar surface area (TPSA) is 21.3 Å². The van der Waals surface area contributed by atoms with Crippen molar-refractivity contribution >= 4 is 17.4 Å². The average Bonchev–Trinajstić information content (AvgIpc) is 2.51. The molecule has 20 heavy (non-hydrogen) atoms. The number of hydrogen-bond donors (Lipinski definition) is 1. The van der Waals surface area contributed by atoms with Gasteiger partial charge in [0.05, 0.1) is 6.61 Å². The summed E-state index contributed by atoms with van der Waals surface area (Å²) in [5.74, 6) is 0.948. The first kappa shape index (κ1) is 14.8. The van der Waals surface area contributed by atoms with Crippen LogP contribution in [-0.2, 0) is 6.54 Å². The third-order valence-corrected chi connectivity index (χ3v) is 3.76. The first-order valence-electron chi connectivity index (χ1n) is 6.92. The van der Waals surface area contributed by atoms with Crippen LogP contribution >= 0.6 is 11.8 Å². The van der Waals surface area contributed by atoms with Crippen LogP contribution in [0.15, 0.2) is 53.4 Å². The summed E-state index contributed by atoms with van der Waals surface area (Å²) in [6.45, 7) is 3.69. The lowest BCUT2D eigenvalue weighted by atomic mass is 10.2. The van der Waals surface area contributed by atoms with E-state index in [2.05, 4.69) is 54.9 Å². The second kappa shape index (κ2) is 7.85. The van der Waals surface area contributed by atoms with Crippen LogP contribution in [0.2, 0.25) is 0 Å². The molecule has 3 heteroatoms. The highest BCUT2D eigenvalue weighted by Crippen LogP contribution is 2.25. The van der Waals surface area contributed by atoms with E-state index in [9.17, 15) is 0 Å². The van der Waals surface area contributed by atoms with E-state index in [1.54, 1.807) is 11.8 Å². The zero-order valence-electron chi connectivity index (χ0n) is 12.1. The molecule has 0 bridgehead atoms. The minimum atomic E-state index is 0.770. The molecule has 0 saturated carbocycles. The van der Waals surface area contributed by atoms with Crippen molar-refractivity contribution < 1.29 is 4.74 Å². The van der Waals surface area contributed by atoms with Gasteiger partial charge in [0.15, 0.2) is 0 Å². The van der Waals surface area contributed by atoms with Crippen LogP contribution in [0.4, 0.5) is 5.69 Å². The Morgan fingerprint density at radius 3 is 2.75 bits per heavy atom. The Bertz CT molecular complexity index is 542. The van der Waals surface area contributed by atoms with Gasteiger partial charge < -0.3 is 10.1 Å². The van der Waals surface area contributed by atoms with E-state index < -0.39 is 0 Å². The lowest BCUT2D eigenvalue weighted by Crippen LogP contribution is -2.01. The van der Waals surface area contributed by atoms with Gasteiger partial charge in [-0.2, -0.15) is 0 Å². The van der Waals surface area contributed by atoms with Gasteiger partial charge >= 0.3 is 0 Å². The quantitative estimate of drug-likeness (QED) is 0.738. The average molecular weight is 287 g/mol. The Labute approximate surface area is 125 Å². The number of nitrogens with one attached hydrogen (secondary N) is 1. The molecule has 0 saturated heterocycles. The SMILES string of the molecule is CCCOc1cccc(CNc2ccccc2SC)c1. The fourth-order valence-corrected chi connectivity index (χ4v) is 2.53. The predicted molar refractivity (Wildman–Crippen MR) is 87.8 cm³/mol. The van der Waals surface area contributed by atoms with Crippen LogP contribution in [-0.4, -0.2) is 12.9 Å². The zero-order valence-corrected chi connectivity index (χ0v) is 12.9. The van der Waals surface area contributed by atoms with Crippen molar-refractivity contribution in [1.82, 2.24) is 0 Å². The monoisotopic (exact) mass is 287 g/mol. The van der Waals surface area contributed by atoms with Gasteiger partial charge in [0.2, 0.25) is 0 Å². The molecule has 0 aliphatic rings. The maximum Gasteiger partial charge on any atom is 0.119 e. The van der Waals surface area contributed by atoms with E-state index in [0.717, 1.165) is 25.3 Å². The number of benzene rings is 2. The molecule has 0 amide bonds. The molecule has 0 heterocycles. The second-order valence-electron chi connectivity index (χ2n) is 4.55. The predicted octanol–water partition coefficient (Wildman–Crippen LogP) is 4.81. The lowest BCUT2D eigenvalue weighted by Gasteiger charge is -2.11. The Balaban J connectivity index is 1.99. The van der Waals surface area contributed by atoms with E-state index >= 15 is 0 Å². The molecule has 0 aromatic heterocycles. The molecule has 0 atom stereocenters. The summed E-state index contributed by atoms with van der Waals surface area (Å²) in [4.78, 5) is 1.27. The minimum absolute atomic E-state index is 0.770. The minimum Gasteiger partial charge on any atom is -0.494 e. The molecular formula is C17H21NOS. The van der Waals surface area contributed by atoms with Crippen LogP contribution in [0.3, 0.4) is 0 Å². The molecule has 2 aromatic carbocycles. The number of para-hydroxylation sites is 1. The van der Waals surface area contributed by atoms with Gasteiger partial charge in [-0.3, -0.25) is 0 Å². The van der Waals surface area contributed by atoms with E-state index in [0.29, 0.717) is 0 Å². The maximum atomic E-state index is 5.66. The van der Waals surface area contributed by atoms with Crippen LogP contribution in [0.1, 0.15) is 18.9 Å². The molecule has 0 spiro atoms. The largest absolute Gasteiger partial charge is 0.494 e. The third-order valence-electron chi connectivity index (χ3n) is 2.96. The second-order valence-corrected chi connectivity index (χ2v) is 5.40. The number of thioether (sulfide) groups is 1. The fraction of sp³-hybridized carbons (Fsp3) is 0.294. The molecule has 0 radical (unpaired) electrons. The Morgan fingerprint density at radius 1 is 1.10 bits per heavy atom. The summed E-state index contributed by atoms with van der Waals surface area (Å²) < 4.78 is 5.66. The van der Waals surface area contributed by atoms with Crippen LogP contribution in [0, 0.1) is 0 Å². The molecule has 1 N–H and O–H groups in total. The van der Waals surface area contributed by atoms with Gasteiger partial charge in [-0.1, -0.05) is 31.2 Å². The van der Waals surface area contributed by atoms with Crippen LogP contribution < -0.4 is 10.1 Å². The van der Waals surface area contributed by atoms with E-state index in [-0.39, 0.29) is 0 Å². The summed E-state index contributed by atoms with van der Waals surface area (Å²) in [5.41, 5.74) is 2.41. The Morgan fingerprint density at radius 2 is 1.95 bits per heavy atom. The number of rotatable bonds is 7. The summed E-state index contributed by atoms with van der Waals surface area (Å²) in [5, 5.41) is 3.49. The van der Waals surface area contributed by atoms with Crippen molar-refractivity contribution in [2.45, 2.75) is 24.8 Å². The van der Waals surface area contributed by atoms with Crippen molar-refractivity contribution in [3.8, 4) is 5.75 Å². The Hall–Kier alpha value is -1.61. The van der Waals surface area contributed by atoms with Crippen molar-refractivity contribution in [3.05, 3.63) is 54.1 Å². The highest BCUT2D eigenvalue weighted by atomic mass is 32.2. The molecular weight excluding hydrogens is 266 g/mol. The number of anilines is 1. The summed E-state index contributed by atoms with van der Waals surface area (Å²) >= 11 is 1.76. The fourth-order valence-electron chi connectivity index (χ4n) is 1.95. The number of ether oxygens (including phenoxy) is 1. The molecule has 0 aliphatic heterocycles. The van der Waals surface area contributed by atoms with Gasteiger partial charge in [0.25, 0.3) is 0 Å².